The van der Waals surface area contributed by atoms with Gasteiger partial charge in [0, 0.05) is 11.1 Å². The number of alkyl halides is 3. The van der Waals surface area contributed by atoms with Gasteiger partial charge in [-0.05, 0) is 13.3 Å². The third-order valence-corrected chi connectivity index (χ3v) is 4.82. The van der Waals surface area contributed by atoms with Gasteiger partial charge in [-0.25, -0.2) is 4.99 Å². The lowest BCUT2D eigenvalue weighted by Crippen LogP contribution is -2.45. The molecule has 3 aliphatic rings. The summed E-state index contributed by atoms with van der Waals surface area (Å²) in [6.07, 6.45) is -0.554. The Morgan fingerprint density at radius 3 is 2.80 bits per heavy atom. The maximum Gasteiger partial charge on any atom is 0.394 e. The molecule has 158 valence electrons. The molecule has 2 aliphatic heterocycles. The van der Waals surface area contributed by atoms with Crippen LogP contribution in [0.3, 0.4) is 0 Å². The molecule has 10 heteroatoms. The van der Waals surface area contributed by atoms with Crippen LogP contribution in [-0.2, 0) is 9.53 Å². The predicted octanol–water partition coefficient (Wildman–Crippen LogP) is 2.34. The van der Waals surface area contributed by atoms with E-state index in [0.717, 1.165) is 11.1 Å². The fourth-order valence-corrected chi connectivity index (χ4v) is 3.52. The summed E-state index contributed by atoms with van der Waals surface area (Å²) < 4.78 is 43.6. The van der Waals surface area contributed by atoms with E-state index >= 15 is 0 Å². The van der Waals surface area contributed by atoms with E-state index in [1.54, 1.807) is 0 Å². The molecule has 0 bridgehead atoms. The SMILES string of the molecule is CC1(CC(F)(F)F)NNC(=NC2N=C(c3ccccc3)C3=CC=CCC3NC2=O)O1. The molecule has 1 aromatic rings. The van der Waals surface area contributed by atoms with Crippen molar-refractivity contribution in [1.82, 2.24) is 16.2 Å². The fourth-order valence-electron chi connectivity index (χ4n) is 3.52. The van der Waals surface area contributed by atoms with Crippen LogP contribution in [-0.4, -0.2) is 41.7 Å². The number of carbonyl (C=O) groups is 1. The minimum absolute atomic E-state index is 0.227. The Labute approximate surface area is 170 Å². The molecule has 3 atom stereocenters. The van der Waals surface area contributed by atoms with Gasteiger partial charge in [-0.3, -0.25) is 10.2 Å². The van der Waals surface area contributed by atoms with Crippen molar-refractivity contribution in [2.24, 2.45) is 9.98 Å². The molecule has 0 spiro atoms. The molecule has 1 aromatic carbocycles. The summed E-state index contributed by atoms with van der Waals surface area (Å²) in [6.45, 7) is 1.24. The summed E-state index contributed by atoms with van der Waals surface area (Å²) in [4.78, 5) is 21.4. The van der Waals surface area contributed by atoms with Crippen molar-refractivity contribution in [2.45, 2.75) is 43.9 Å². The normalized spacial score (nSPS) is 29.9. The molecule has 0 radical (unpaired) electrons. The minimum atomic E-state index is -4.44. The van der Waals surface area contributed by atoms with E-state index in [-0.39, 0.29) is 12.1 Å². The molecule has 2 heterocycles. The molecule has 1 aliphatic carbocycles. The third-order valence-electron chi connectivity index (χ3n) is 4.82. The number of carbonyl (C=O) groups excluding carboxylic acids is 1. The van der Waals surface area contributed by atoms with Crippen LogP contribution in [0.4, 0.5) is 13.2 Å². The smallest absolute Gasteiger partial charge is 0.394 e. The molecular weight excluding hydrogens is 399 g/mol. The summed E-state index contributed by atoms with van der Waals surface area (Å²) in [5.74, 6) is -0.463. The molecular formula is C20H20F3N5O2. The van der Waals surface area contributed by atoms with Crippen LogP contribution < -0.4 is 16.2 Å². The van der Waals surface area contributed by atoms with Gasteiger partial charge in [-0.15, -0.1) is 0 Å². The maximum absolute atomic E-state index is 12.8. The zero-order chi connectivity index (χ0) is 21.4. The Balaban J connectivity index is 1.67. The van der Waals surface area contributed by atoms with Gasteiger partial charge in [0.1, 0.15) is 0 Å². The Bertz CT molecular complexity index is 955. The maximum atomic E-state index is 12.8. The minimum Gasteiger partial charge on any atom is -0.441 e. The van der Waals surface area contributed by atoms with Crippen LogP contribution in [0.25, 0.3) is 0 Å². The van der Waals surface area contributed by atoms with Gasteiger partial charge < -0.3 is 10.1 Å². The largest absolute Gasteiger partial charge is 0.441 e. The second kappa shape index (κ2) is 7.60. The quantitative estimate of drug-likeness (QED) is 0.702. The number of hydrazine groups is 1. The highest BCUT2D eigenvalue weighted by Crippen LogP contribution is 2.30. The summed E-state index contributed by atoms with van der Waals surface area (Å²) in [6, 6.07) is 8.86. The average molecular weight is 419 g/mol. The summed E-state index contributed by atoms with van der Waals surface area (Å²) in [7, 11) is 0. The van der Waals surface area contributed by atoms with Crippen LogP contribution in [0.1, 0.15) is 25.3 Å². The number of amides is 1. The standard InChI is InChI=1S/C20H20F3N5O2/c1-19(11-20(21,22)23)28-27-18(30-19)26-16-17(29)24-14-10-6-5-9-13(14)15(25-16)12-7-3-2-4-8-12/h2-9,14,16,28H,10-11H2,1H3,(H,24,29)(H,26,27). The van der Waals surface area contributed by atoms with Gasteiger partial charge in [0.15, 0.2) is 5.72 Å². The van der Waals surface area contributed by atoms with E-state index in [1.165, 1.54) is 6.92 Å². The second-order valence-corrected chi connectivity index (χ2v) is 7.37. The topological polar surface area (TPSA) is 87.1 Å². The first kappa shape index (κ1) is 20.1. The molecule has 30 heavy (non-hydrogen) atoms. The lowest BCUT2D eigenvalue weighted by atomic mass is 9.91. The van der Waals surface area contributed by atoms with Crippen LogP contribution in [0.2, 0.25) is 0 Å². The number of ether oxygens (including phenoxy) is 1. The molecule has 0 saturated carbocycles. The fraction of sp³-hybridized carbons (Fsp3) is 0.350. The van der Waals surface area contributed by atoms with Crippen molar-refractivity contribution in [1.29, 1.82) is 0 Å². The molecule has 7 nitrogen and oxygen atoms in total. The molecule has 3 N–H and O–H groups in total. The second-order valence-electron chi connectivity index (χ2n) is 7.37. The highest BCUT2D eigenvalue weighted by Gasteiger charge is 2.45. The van der Waals surface area contributed by atoms with Crippen LogP contribution in [0, 0.1) is 0 Å². The van der Waals surface area contributed by atoms with Gasteiger partial charge in [-0.2, -0.15) is 23.6 Å². The van der Waals surface area contributed by atoms with E-state index in [1.807, 2.05) is 48.6 Å². The lowest BCUT2D eigenvalue weighted by Gasteiger charge is -2.22. The van der Waals surface area contributed by atoms with Gasteiger partial charge in [0.05, 0.1) is 18.2 Å². The van der Waals surface area contributed by atoms with Crippen LogP contribution in [0.5, 0.6) is 0 Å². The van der Waals surface area contributed by atoms with Crippen LogP contribution >= 0.6 is 0 Å². The number of hydrogen-bond acceptors (Lipinski definition) is 5. The predicted molar refractivity (Wildman–Crippen MR) is 104 cm³/mol. The number of nitrogens with one attached hydrogen (secondary N) is 3. The molecule has 1 fully saturated rings. The number of allylic oxidation sites excluding steroid dienone is 2. The van der Waals surface area contributed by atoms with Crippen LogP contribution in [0.15, 0.2) is 64.1 Å². The van der Waals surface area contributed by atoms with E-state index in [4.69, 9.17) is 4.74 Å². The van der Waals surface area contributed by atoms with E-state index in [9.17, 15) is 18.0 Å². The van der Waals surface area contributed by atoms with Crippen molar-refractivity contribution in [3.8, 4) is 0 Å². The first-order valence-corrected chi connectivity index (χ1v) is 9.40. The van der Waals surface area contributed by atoms with E-state index in [0.29, 0.717) is 12.1 Å². The highest BCUT2D eigenvalue weighted by atomic mass is 19.4. The number of halogens is 3. The van der Waals surface area contributed by atoms with Crippen molar-refractivity contribution in [3.05, 3.63) is 59.7 Å². The Morgan fingerprint density at radius 1 is 1.30 bits per heavy atom. The number of hydrogen-bond donors (Lipinski definition) is 3. The zero-order valence-electron chi connectivity index (χ0n) is 16.0. The number of fused-ring (bicyclic) bond motifs is 1. The molecule has 0 aromatic heterocycles. The number of rotatable bonds is 3. The number of nitrogens with zero attached hydrogens (tertiary/aromatic N) is 2. The lowest BCUT2D eigenvalue weighted by molar-refractivity contribution is -0.170. The van der Waals surface area contributed by atoms with Crippen molar-refractivity contribution >= 4 is 17.6 Å². The Morgan fingerprint density at radius 2 is 2.07 bits per heavy atom. The zero-order valence-corrected chi connectivity index (χ0v) is 16.0. The van der Waals surface area contributed by atoms with Crippen molar-refractivity contribution < 1.29 is 22.7 Å². The number of aliphatic imine (C=N–C) groups is 2. The number of amidine groups is 1. The Hall–Kier alpha value is -3.14. The average Bonchev–Trinajstić information content (AvgIpc) is 2.97. The highest BCUT2D eigenvalue weighted by molar-refractivity contribution is 6.15. The van der Waals surface area contributed by atoms with Gasteiger partial charge in [0.25, 0.3) is 5.91 Å². The summed E-state index contributed by atoms with van der Waals surface area (Å²) in [5, 5.41) is 2.90. The summed E-state index contributed by atoms with van der Waals surface area (Å²) in [5.41, 5.74) is 5.43. The summed E-state index contributed by atoms with van der Waals surface area (Å²) >= 11 is 0. The molecule has 3 unspecified atom stereocenters. The molecule has 1 saturated heterocycles. The van der Waals surface area contributed by atoms with Gasteiger partial charge in [-0.1, -0.05) is 48.6 Å². The monoisotopic (exact) mass is 419 g/mol. The third kappa shape index (κ3) is 4.38. The van der Waals surface area contributed by atoms with Gasteiger partial charge in [0.2, 0.25) is 6.17 Å². The van der Waals surface area contributed by atoms with Crippen molar-refractivity contribution in [3.63, 3.8) is 0 Å². The van der Waals surface area contributed by atoms with Crippen molar-refractivity contribution in [2.75, 3.05) is 0 Å². The first-order valence-electron chi connectivity index (χ1n) is 9.40. The Kier molecular flexibility index (Phi) is 5.10. The molecule has 4 rings (SSSR count). The first-order chi connectivity index (χ1) is 14.2. The number of benzene rings is 1. The van der Waals surface area contributed by atoms with Gasteiger partial charge >= 0.3 is 12.2 Å². The van der Waals surface area contributed by atoms with E-state index < -0.39 is 30.4 Å². The van der Waals surface area contributed by atoms with E-state index in [2.05, 4.69) is 26.2 Å². The molecule has 1 amide bonds.